The molecule has 0 saturated carbocycles. The number of hydrazine groups is 1. The van der Waals surface area contributed by atoms with Gasteiger partial charge >= 0.3 is 0 Å². The van der Waals surface area contributed by atoms with E-state index in [1.54, 1.807) is 0 Å². The SMILES string of the molecule is CN1CCN(C(=Nc2ccccc2)NN)CC1. The molecular weight excluding hydrogens is 214 g/mol. The molecule has 0 radical (unpaired) electrons. The zero-order chi connectivity index (χ0) is 12.1. The number of benzene rings is 1. The number of hydrogen-bond acceptors (Lipinski definition) is 3. The predicted molar refractivity (Wildman–Crippen MR) is 69.9 cm³/mol. The van der Waals surface area contributed by atoms with E-state index in [0.717, 1.165) is 37.8 Å². The molecule has 0 amide bonds. The number of rotatable bonds is 1. The molecule has 1 aromatic carbocycles. The molecule has 0 spiro atoms. The average Bonchev–Trinajstić information content (AvgIpc) is 2.38. The minimum Gasteiger partial charge on any atom is -0.339 e. The van der Waals surface area contributed by atoms with Crippen LogP contribution in [0.4, 0.5) is 5.69 Å². The van der Waals surface area contributed by atoms with E-state index in [1.807, 2.05) is 30.3 Å². The van der Waals surface area contributed by atoms with Crippen molar-refractivity contribution in [1.29, 1.82) is 0 Å². The molecular formula is C12H19N5. The highest BCUT2D eigenvalue weighted by atomic mass is 15.4. The summed E-state index contributed by atoms with van der Waals surface area (Å²) in [5, 5.41) is 0. The van der Waals surface area contributed by atoms with E-state index in [4.69, 9.17) is 5.84 Å². The maximum Gasteiger partial charge on any atom is 0.213 e. The third-order valence-corrected chi connectivity index (χ3v) is 2.92. The van der Waals surface area contributed by atoms with Gasteiger partial charge in [-0.15, -0.1) is 0 Å². The summed E-state index contributed by atoms with van der Waals surface area (Å²) in [4.78, 5) is 8.99. The number of likely N-dealkylation sites (N-methyl/N-ethyl adjacent to an activating group) is 1. The van der Waals surface area contributed by atoms with Gasteiger partial charge in [0, 0.05) is 26.2 Å². The van der Waals surface area contributed by atoms with Crippen molar-refractivity contribution in [2.75, 3.05) is 33.2 Å². The Morgan fingerprint density at radius 2 is 1.82 bits per heavy atom. The van der Waals surface area contributed by atoms with Crippen LogP contribution in [0.25, 0.3) is 0 Å². The van der Waals surface area contributed by atoms with Gasteiger partial charge in [0.2, 0.25) is 5.96 Å². The van der Waals surface area contributed by atoms with E-state index in [-0.39, 0.29) is 0 Å². The van der Waals surface area contributed by atoms with Crippen molar-refractivity contribution in [1.82, 2.24) is 15.2 Å². The van der Waals surface area contributed by atoms with Crippen molar-refractivity contribution in [3.63, 3.8) is 0 Å². The molecule has 1 aromatic rings. The number of nitrogens with two attached hydrogens (primary N) is 1. The topological polar surface area (TPSA) is 56.9 Å². The summed E-state index contributed by atoms with van der Waals surface area (Å²) in [5.41, 5.74) is 3.61. The number of piperazine rings is 1. The Morgan fingerprint density at radius 1 is 1.18 bits per heavy atom. The van der Waals surface area contributed by atoms with Crippen LogP contribution in [0.1, 0.15) is 0 Å². The number of aliphatic imine (C=N–C) groups is 1. The monoisotopic (exact) mass is 233 g/mol. The van der Waals surface area contributed by atoms with Crippen LogP contribution >= 0.6 is 0 Å². The van der Waals surface area contributed by atoms with Gasteiger partial charge in [0.15, 0.2) is 0 Å². The van der Waals surface area contributed by atoms with Crippen LogP contribution in [0.2, 0.25) is 0 Å². The third kappa shape index (κ3) is 3.18. The van der Waals surface area contributed by atoms with Gasteiger partial charge in [0.05, 0.1) is 5.69 Å². The minimum absolute atomic E-state index is 0.740. The molecule has 5 heteroatoms. The lowest BCUT2D eigenvalue weighted by atomic mass is 10.3. The fourth-order valence-electron chi connectivity index (χ4n) is 1.84. The molecule has 0 atom stereocenters. The lowest BCUT2D eigenvalue weighted by molar-refractivity contribution is 0.211. The normalized spacial score (nSPS) is 18.2. The molecule has 0 aromatic heterocycles. The van der Waals surface area contributed by atoms with Gasteiger partial charge in [-0.1, -0.05) is 18.2 Å². The van der Waals surface area contributed by atoms with Gasteiger partial charge in [-0.05, 0) is 19.2 Å². The first-order chi connectivity index (χ1) is 8.29. The van der Waals surface area contributed by atoms with Crippen LogP contribution < -0.4 is 11.3 Å². The lowest BCUT2D eigenvalue weighted by Gasteiger charge is -2.34. The Balaban J connectivity index is 2.08. The number of para-hydroxylation sites is 1. The first kappa shape index (κ1) is 11.9. The Hall–Kier alpha value is -1.59. The van der Waals surface area contributed by atoms with Crippen LogP contribution in [0.15, 0.2) is 35.3 Å². The highest BCUT2D eigenvalue weighted by Gasteiger charge is 2.16. The molecule has 2 rings (SSSR count). The van der Waals surface area contributed by atoms with Gasteiger partial charge < -0.3 is 9.80 Å². The molecule has 1 saturated heterocycles. The second-order valence-electron chi connectivity index (χ2n) is 4.21. The first-order valence-electron chi connectivity index (χ1n) is 5.83. The largest absolute Gasteiger partial charge is 0.339 e. The summed E-state index contributed by atoms with van der Waals surface area (Å²) in [7, 11) is 2.13. The quantitative estimate of drug-likeness (QED) is 0.319. The van der Waals surface area contributed by atoms with E-state index in [2.05, 4.69) is 27.3 Å². The van der Waals surface area contributed by atoms with Gasteiger partial charge in [-0.25, -0.2) is 10.8 Å². The Labute approximate surface area is 102 Å². The highest BCUT2D eigenvalue weighted by molar-refractivity contribution is 5.82. The van der Waals surface area contributed by atoms with Crippen molar-refractivity contribution in [3.8, 4) is 0 Å². The zero-order valence-corrected chi connectivity index (χ0v) is 10.1. The van der Waals surface area contributed by atoms with Crippen molar-refractivity contribution in [2.45, 2.75) is 0 Å². The zero-order valence-electron chi connectivity index (χ0n) is 10.1. The van der Waals surface area contributed by atoms with Crippen LogP contribution in [-0.2, 0) is 0 Å². The molecule has 1 aliphatic heterocycles. The number of nitrogens with one attached hydrogen (secondary N) is 1. The second kappa shape index (κ2) is 5.65. The maximum absolute atomic E-state index is 5.55. The van der Waals surface area contributed by atoms with Crippen LogP contribution in [0, 0.1) is 0 Å². The number of guanidine groups is 1. The van der Waals surface area contributed by atoms with Gasteiger partial charge in [0.1, 0.15) is 0 Å². The fraction of sp³-hybridized carbons (Fsp3) is 0.417. The van der Waals surface area contributed by atoms with Gasteiger partial charge in [0.25, 0.3) is 0 Å². The van der Waals surface area contributed by atoms with E-state index >= 15 is 0 Å². The summed E-state index contributed by atoms with van der Waals surface area (Å²) in [6.45, 7) is 3.98. The lowest BCUT2D eigenvalue weighted by Crippen LogP contribution is -2.52. The van der Waals surface area contributed by atoms with E-state index in [0.29, 0.717) is 0 Å². The van der Waals surface area contributed by atoms with Crippen LogP contribution in [0.5, 0.6) is 0 Å². The molecule has 3 N–H and O–H groups in total. The summed E-state index contributed by atoms with van der Waals surface area (Å²) in [6.07, 6.45) is 0. The minimum atomic E-state index is 0.740. The van der Waals surface area contributed by atoms with Crippen molar-refractivity contribution in [3.05, 3.63) is 30.3 Å². The molecule has 1 heterocycles. The molecule has 0 bridgehead atoms. The summed E-state index contributed by atoms with van der Waals surface area (Å²) in [5.74, 6) is 6.29. The van der Waals surface area contributed by atoms with E-state index in [9.17, 15) is 0 Å². The molecule has 1 fully saturated rings. The molecule has 1 aliphatic rings. The Morgan fingerprint density at radius 3 is 2.41 bits per heavy atom. The average molecular weight is 233 g/mol. The number of hydrogen-bond donors (Lipinski definition) is 2. The maximum atomic E-state index is 5.55. The molecule has 0 unspecified atom stereocenters. The molecule has 5 nitrogen and oxygen atoms in total. The third-order valence-electron chi connectivity index (χ3n) is 2.92. The van der Waals surface area contributed by atoms with Crippen molar-refractivity contribution in [2.24, 2.45) is 10.8 Å². The smallest absolute Gasteiger partial charge is 0.213 e. The molecule has 92 valence electrons. The summed E-state index contributed by atoms with van der Waals surface area (Å²) in [6, 6.07) is 9.85. The molecule has 17 heavy (non-hydrogen) atoms. The predicted octanol–water partition coefficient (Wildman–Crippen LogP) is 0.385. The Bertz CT molecular complexity index is 368. The van der Waals surface area contributed by atoms with Crippen LogP contribution in [0.3, 0.4) is 0 Å². The molecule has 0 aliphatic carbocycles. The highest BCUT2D eigenvalue weighted by Crippen LogP contribution is 2.11. The van der Waals surface area contributed by atoms with E-state index < -0.39 is 0 Å². The number of nitrogens with zero attached hydrogens (tertiary/aromatic N) is 3. The first-order valence-corrected chi connectivity index (χ1v) is 5.83. The Kier molecular flexibility index (Phi) is 3.95. The fourth-order valence-corrected chi connectivity index (χ4v) is 1.84. The van der Waals surface area contributed by atoms with Crippen molar-refractivity contribution >= 4 is 11.6 Å². The van der Waals surface area contributed by atoms with E-state index in [1.165, 1.54) is 0 Å². The van der Waals surface area contributed by atoms with Crippen LogP contribution in [-0.4, -0.2) is 49.0 Å². The van der Waals surface area contributed by atoms with Gasteiger partial charge in [-0.2, -0.15) is 0 Å². The summed E-state index contributed by atoms with van der Waals surface area (Å²) < 4.78 is 0. The van der Waals surface area contributed by atoms with Gasteiger partial charge in [-0.3, -0.25) is 5.43 Å². The standard InChI is InChI=1S/C12H19N5/c1-16-7-9-17(10-8-16)12(15-13)14-11-5-3-2-4-6-11/h2-6H,7-10,13H2,1H3,(H,14,15). The second-order valence-corrected chi connectivity index (χ2v) is 4.21. The van der Waals surface area contributed by atoms with Crippen molar-refractivity contribution < 1.29 is 0 Å². The summed E-state index contributed by atoms with van der Waals surface area (Å²) >= 11 is 0.